The molecule has 134 valence electrons. The number of carbonyl (C=O) groups is 3. The molecule has 0 saturated carbocycles. The highest BCUT2D eigenvalue weighted by Crippen LogP contribution is 2.27. The fourth-order valence-electron chi connectivity index (χ4n) is 3.37. The van der Waals surface area contributed by atoms with Crippen LogP contribution in [-0.2, 0) is 25.5 Å². The molecule has 2 heterocycles. The number of fused-ring (bicyclic) bond motifs is 1. The number of hydrogen-bond acceptors (Lipinski definition) is 4. The molecular formula is C18H22N2O5. The summed E-state index contributed by atoms with van der Waals surface area (Å²) in [5, 5.41) is 8.86. The van der Waals surface area contributed by atoms with Crippen LogP contribution in [0.4, 0.5) is 5.69 Å². The van der Waals surface area contributed by atoms with Crippen LogP contribution >= 0.6 is 0 Å². The van der Waals surface area contributed by atoms with Crippen LogP contribution < -0.4 is 4.90 Å². The number of morpholine rings is 1. The summed E-state index contributed by atoms with van der Waals surface area (Å²) in [5.74, 6) is -0.971. The molecule has 1 fully saturated rings. The van der Waals surface area contributed by atoms with Crippen molar-refractivity contribution < 1.29 is 24.2 Å². The van der Waals surface area contributed by atoms with E-state index in [1.54, 1.807) is 9.80 Å². The summed E-state index contributed by atoms with van der Waals surface area (Å²) in [6.07, 6.45) is 0.845. The second kappa shape index (κ2) is 7.65. The topological polar surface area (TPSA) is 87.2 Å². The number of hydrogen-bond donors (Lipinski definition) is 1. The normalized spacial score (nSPS) is 20.3. The van der Waals surface area contributed by atoms with Gasteiger partial charge in [0.15, 0.2) is 0 Å². The number of nitrogens with zero attached hydrogens (tertiary/aromatic N) is 2. The van der Waals surface area contributed by atoms with E-state index in [9.17, 15) is 14.4 Å². The third-order valence-electron chi connectivity index (χ3n) is 4.63. The van der Waals surface area contributed by atoms with Crippen LogP contribution in [0.5, 0.6) is 0 Å². The second-order valence-corrected chi connectivity index (χ2v) is 6.35. The standard InChI is InChI=1S/C18H22N2O5/c21-16(19-9-10-25-14(12-19)11-18(23)24)7-8-20-15-4-2-1-3-13(15)5-6-17(20)22/h1-4,14H,5-12H2,(H,23,24). The van der Waals surface area contributed by atoms with E-state index >= 15 is 0 Å². The summed E-state index contributed by atoms with van der Waals surface area (Å²) >= 11 is 0. The van der Waals surface area contributed by atoms with Crippen molar-refractivity contribution in [3.05, 3.63) is 29.8 Å². The predicted octanol–water partition coefficient (Wildman–Crippen LogP) is 1.06. The van der Waals surface area contributed by atoms with Gasteiger partial charge in [-0.3, -0.25) is 14.4 Å². The third-order valence-corrected chi connectivity index (χ3v) is 4.63. The van der Waals surface area contributed by atoms with E-state index in [1.165, 1.54) is 0 Å². The molecular weight excluding hydrogens is 324 g/mol. The number of carboxylic acids is 1. The molecule has 7 nitrogen and oxygen atoms in total. The molecule has 1 aromatic carbocycles. The van der Waals surface area contributed by atoms with E-state index in [0.29, 0.717) is 26.1 Å². The number of aryl methyl sites for hydroxylation is 1. The summed E-state index contributed by atoms with van der Waals surface area (Å²) in [7, 11) is 0. The summed E-state index contributed by atoms with van der Waals surface area (Å²) in [6, 6.07) is 7.77. The van der Waals surface area contributed by atoms with E-state index in [4.69, 9.17) is 9.84 Å². The number of carboxylic acid groups (broad SMARTS) is 1. The summed E-state index contributed by atoms with van der Waals surface area (Å²) in [6.45, 7) is 1.43. The van der Waals surface area contributed by atoms with Crippen LogP contribution in [0.1, 0.15) is 24.8 Å². The average Bonchev–Trinajstić information content (AvgIpc) is 2.60. The Kier molecular flexibility index (Phi) is 5.33. The van der Waals surface area contributed by atoms with Crippen molar-refractivity contribution in [2.24, 2.45) is 0 Å². The SMILES string of the molecule is O=C(O)CC1CN(C(=O)CCN2C(=O)CCc3ccccc32)CCO1. The Labute approximate surface area is 146 Å². The highest BCUT2D eigenvalue weighted by atomic mass is 16.5. The van der Waals surface area contributed by atoms with Crippen molar-refractivity contribution in [3.8, 4) is 0 Å². The van der Waals surface area contributed by atoms with Crippen molar-refractivity contribution >= 4 is 23.5 Å². The first kappa shape index (κ1) is 17.4. The van der Waals surface area contributed by atoms with Crippen molar-refractivity contribution in [2.45, 2.75) is 31.8 Å². The van der Waals surface area contributed by atoms with Crippen molar-refractivity contribution in [3.63, 3.8) is 0 Å². The van der Waals surface area contributed by atoms with Crippen molar-refractivity contribution in [2.75, 3.05) is 31.1 Å². The first-order valence-corrected chi connectivity index (χ1v) is 8.54. The zero-order valence-corrected chi connectivity index (χ0v) is 14.0. The number of aliphatic carboxylic acids is 1. The third kappa shape index (κ3) is 4.17. The zero-order valence-electron chi connectivity index (χ0n) is 14.0. The van der Waals surface area contributed by atoms with Gasteiger partial charge in [-0.2, -0.15) is 0 Å². The van der Waals surface area contributed by atoms with Crippen LogP contribution in [0.2, 0.25) is 0 Å². The van der Waals surface area contributed by atoms with E-state index < -0.39 is 12.1 Å². The van der Waals surface area contributed by atoms with Gasteiger partial charge in [-0.15, -0.1) is 0 Å². The molecule has 0 spiro atoms. The van der Waals surface area contributed by atoms with Gasteiger partial charge in [0.1, 0.15) is 0 Å². The summed E-state index contributed by atoms with van der Waals surface area (Å²) in [5.41, 5.74) is 2.01. The molecule has 2 amide bonds. The molecule has 7 heteroatoms. The fraction of sp³-hybridized carbons (Fsp3) is 0.500. The van der Waals surface area contributed by atoms with Gasteiger partial charge in [0.05, 0.1) is 19.1 Å². The molecule has 2 aliphatic rings. The lowest BCUT2D eigenvalue weighted by atomic mass is 10.0. The second-order valence-electron chi connectivity index (χ2n) is 6.35. The van der Waals surface area contributed by atoms with Gasteiger partial charge in [-0.05, 0) is 18.1 Å². The molecule has 1 unspecified atom stereocenters. The van der Waals surface area contributed by atoms with E-state index in [2.05, 4.69) is 0 Å². The molecule has 1 atom stereocenters. The molecule has 0 aromatic heterocycles. The number of ether oxygens (including phenoxy) is 1. The van der Waals surface area contributed by atoms with Gasteiger partial charge in [0.2, 0.25) is 11.8 Å². The van der Waals surface area contributed by atoms with Crippen LogP contribution in [-0.4, -0.2) is 60.1 Å². The molecule has 25 heavy (non-hydrogen) atoms. The fourth-order valence-corrected chi connectivity index (χ4v) is 3.37. The van der Waals surface area contributed by atoms with Crippen molar-refractivity contribution in [1.29, 1.82) is 0 Å². The van der Waals surface area contributed by atoms with Crippen LogP contribution in [0, 0.1) is 0 Å². The maximum absolute atomic E-state index is 12.5. The molecule has 0 bridgehead atoms. The predicted molar refractivity (Wildman–Crippen MR) is 90.3 cm³/mol. The minimum absolute atomic E-state index is 0.0391. The zero-order chi connectivity index (χ0) is 17.8. The summed E-state index contributed by atoms with van der Waals surface area (Å²) in [4.78, 5) is 38.8. The molecule has 2 aliphatic heterocycles. The quantitative estimate of drug-likeness (QED) is 0.861. The van der Waals surface area contributed by atoms with Gasteiger partial charge in [0.25, 0.3) is 0 Å². The Morgan fingerprint density at radius 2 is 2.04 bits per heavy atom. The Morgan fingerprint density at radius 1 is 1.24 bits per heavy atom. The molecule has 0 aliphatic carbocycles. The minimum Gasteiger partial charge on any atom is -0.481 e. The maximum Gasteiger partial charge on any atom is 0.306 e. The number of rotatable bonds is 5. The van der Waals surface area contributed by atoms with Gasteiger partial charge in [-0.1, -0.05) is 18.2 Å². The number of benzene rings is 1. The van der Waals surface area contributed by atoms with Gasteiger partial charge in [0, 0.05) is 38.2 Å². The van der Waals surface area contributed by atoms with Crippen LogP contribution in [0.3, 0.4) is 0 Å². The lowest BCUT2D eigenvalue weighted by molar-refractivity contribution is -0.147. The van der Waals surface area contributed by atoms with E-state index in [-0.39, 0.29) is 31.2 Å². The first-order valence-electron chi connectivity index (χ1n) is 8.54. The Bertz CT molecular complexity index is 675. The molecule has 1 N–H and O–H groups in total. The largest absolute Gasteiger partial charge is 0.481 e. The lowest BCUT2D eigenvalue weighted by Gasteiger charge is -2.34. The Hall–Kier alpha value is -2.41. The van der Waals surface area contributed by atoms with Gasteiger partial charge in [-0.25, -0.2) is 0 Å². The number of anilines is 1. The van der Waals surface area contributed by atoms with Gasteiger partial charge >= 0.3 is 5.97 Å². The van der Waals surface area contributed by atoms with Gasteiger partial charge < -0.3 is 19.6 Å². The molecule has 0 radical (unpaired) electrons. The van der Waals surface area contributed by atoms with Crippen molar-refractivity contribution in [1.82, 2.24) is 4.90 Å². The van der Waals surface area contributed by atoms with Crippen LogP contribution in [0.15, 0.2) is 24.3 Å². The molecule has 1 saturated heterocycles. The average molecular weight is 346 g/mol. The first-order chi connectivity index (χ1) is 12.0. The summed E-state index contributed by atoms with van der Waals surface area (Å²) < 4.78 is 5.39. The smallest absolute Gasteiger partial charge is 0.306 e. The highest BCUT2D eigenvalue weighted by Gasteiger charge is 2.28. The Balaban J connectivity index is 1.59. The highest BCUT2D eigenvalue weighted by molar-refractivity contribution is 5.97. The number of para-hydroxylation sites is 1. The lowest BCUT2D eigenvalue weighted by Crippen LogP contribution is -2.47. The minimum atomic E-state index is -0.935. The number of carbonyl (C=O) groups excluding carboxylic acids is 2. The Morgan fingerprint density at radius 3 is 2.84 bits per heavy atom. The number of amides is 2. The maximum atomic E-state index is 12.5. The molecule has 1 aromatic rings. The van der Waals surface area contributed by atoms with E-state index in [1.807, 2.05) is 24.3 Å². The van der Waals surface area contributed by atoms with Crippen LogP contribution in [0.25, 0.3) is 0 Å². The molecule has 3 rings (SSSR count). The van der Waals surface area contributed by atoms with E-state index in [0.717, 1.165) is 17.7 Å². The monoisotopic (exact) mass is 346 g/mol.